The molecular weight excluding hydrogens is 337 g/mol. The quantitative estimate of drug-likeness (QED) is 0.752. The lowest BCUT2D eigenvalue weighted by atomic mass is 10.0. The highest BCUT2D eigenvalue weighted by molar-refractivity contribution is 5.89. The summed E-state index contributed by atoms with van der Waals surface area (Å²) >= 11 is 0. The molecule has 0 unspecified atom stereocenters. The van der Waals surface area contributed by atoms with Crippen LogP contribution in [-0.4, -0.2) is 43.9 Å². The van der Waals surface area contributed by atoms with Gasteiger partial charge in [0.1, 0.15) is 18.1 Å². The van der Waals surface area contributed by atoms with Gasteiger partial charge in [-0.05, 0) is 36.4 Å². The molecule has 0 aliphatic carbocycles. The molecular formula is C18H16FN5O2. The van der Waals surface area contributed by atoms with Crippen LogP contribution in [0.5, 0.6) is 0 Å². The first-order valence-electron chi connectivity index (χ1n) is 8.13. The van der Waals surface area contributed by atoms with Crippen molar-refractivity contribution in [3.63, 3.8) is 0 Å². The molecule has 0 saturated heterocycles. The van der Waals surface area contributed by atoms with Crippen molar-refractivity contribution in [3.8, 4) is 22.5 Å². The first kappa shape index (κ1) is 16.2. The van der Waals surface area contributed by atoms with Gasteiger partial charge in [-0.3, -0.25) is 20.2 Å². The number of aromatic nitrogens is 3. The van der Waals surface area contributed by atoms with Gasteiger partial charge in [0.05, 0.1) is 24.3 Å². The van der Waals surface area contributed by atoms with Crippen LogP contribution in [0.3, 0.4) is 0 Å². The Morgan fingerprint density at radius 3 is 2.69 bits per heavy atom. The van der Waals surface area contributed by atoms with Gasteiger partial charge in [0, 0.05) is 11.8 Å². The molecule has 2 aromatic heterocycles. The van der Waals surface area contributed by atoms with Gasteiger partial charge in [-0.15, -0.1) is 0 Å². The number of carbonyl (C=O) groups excluding carboxylic acids is 1. The van der Waals surface area contributed by atoms with Gasteiger partial charge >= 0.3 is 0 Å². The van der Waals surface area contributed by atoms with E-state index in [9.17, 15) is 9.18 Å². The van der Waals surface area contributed by atoms with Crippen molar-refractivity contribution in [2.45, 2.75) is 6.54 Å². The second kappa shape index (κ2) is 6.57. The smallest absolute Gasteiger partial charge is 0.266 e. The number of pyridine rings is 1. The Morgan fingerprint density at radius 1 is 1.19 bits per heavy atom. The van der Waals surface area contributed by atoms with Crippen LogP contribution in [0.25, 0.3) is 22.5 Å². The lowest BCUT2D eigenvalue weighted by molar-refractivity contribution is -0.133. The summed E-state index contributed by atoms with van der Waals surface area (Å²) < 4.78 is 15.1. The van der Waals surface area contributed by atoms with Crippen LogP contribution >= 0.6 is 0 Å². The molecule has 0 radical (unpaired) electrons. The Morgan fingerprint density at radius 2 is 2.00 bits per heavy atom. The molecule has 8 heteroatoms. The van der Waals surface area contributed by atoms with Crippen molar-refractivity contribution in [1.82, 2.24) is 19.8 Å². The monoisotopic (exact) mass is 353 g/mol. The van der Waals surface area contributed by atoms with Gasteiger partial charge < -0.3 is 5.11 Å². The molecule has 1 aliphatic heterocycles. The average molecular weight is 353 g/mol. The standard InChI is InChI=1S/C18H16FN5O2/c19-13-6-4-12(5-7-13)17-16(14-3-1-2-8-20-14)18-22-23(15(26)11-25)9-10-24(18)21-17/h1-8,22,25H,9-11H2. The van der Waals surface area contributed by atoms with Crippen molar-refractivity contribution in [3.05, 3.63) is 54.5 Å². The largest absolute Gasteiger partial charge is 0.386 e. The summed E-state index contributed by atoms with van der Waals surface area (Å²) in [6.07, 6.45) is 1.67. The zero-order chi connectivity index (χ0) is 18.1. The number of fused-ring (bicyclic) bond motifs is 1. The first-order valence-corrected chi connectivity index (χ1v) is 8.13. The van der Waals surface area contributed by atoms with E-state index in [0.717, 1.165) is 5.56 Å². The number of aliphatic hydroxyl groups excluding tert-OH is 1. The molecule has 0 spiro atoms. The Balaban J connectivity index is 1.87. The summed E-state index contributed by atoms with van der Waals surface area (Å²) in [5.41, 5.74) is 5.81. The van der Waals surface area contributed by atoms with Gasteiger partial charge in [-0.25, -0.2) is 9.07 Å². The number of halogens is 1. The number of anilines is 1. The summed E-state index contributed by atoms with van der Waals surface area (Å²) in [5, 5.41) is 15.1. The molecule has 0 saturated carbocycles. The molecule has 3 aromatic rings. The van der Waals surface area contributed by atoms with Crippen LogP contribution in [-0.2, 0) is 11.3 Å². The number of nitrogens with one attached hydrogen (secondary N) is 1. The number of hydrogen-bond acceptors (Lipinski definition) is 5. The van der Waals surface area contributed by atoms with Crippen LogP contribution in [0.1, 0.15) is 0 Å². The number of hydrogen-bond donors (Lipinski definition) is 2. The van der Waals surface area contributed by atoms with E-state index in [2.05, 4.69) is 15.5 Å². The molecule has 1 aliphatic rings. The topological polar surface area (TPSA) is 83.3 Å². The average Bonchev–Trinajstić information content (AvgIpc) is 3.07. The van der Waals surface area contributed by atoms with Crippen LogP contribution in [0.2, 0.25) is 0 Å². The molecule has 1 amide bonds. The molecule has 26 heavy (non-hydrogen) atoms. The molecule has 7 nitrogen and oxygen atoms in total. The van der Waals surface area contributed by atoms with Gasteiger partial charge in [0.15, 0.2) is 5.82 Å². The van der Waals surface area contributed by atoms with Crippen LogP contribution in [0.4, 0.5) is 10.2 Å². The van der Waals surface area contributed by atoms with Crippen molar-refractivity contribution < 1.29 is 14.3 Å². The minimum atomic E-state index is -0.578. The second-order valence-electron chi connectivity index (χ2n) is 5.83. The Labute approximate surface area is 148 Å². The minimum absolute atomic E-state index is 0.324. The van der Waals surface area contributed by atoms with Crippen LogP contribution in [0.15, 0.2) is 48.7 Å². The zero-order valence-electron chi connectivity index (χ0n) is 13.8. The highest BCUT2D eigenvalue weighted by atomic mass is 19.1. The summed E-state index contributed by atoms with van der Waals surface area (Å²) in [5.74, 6) is -0.140. The van der Waals surface area contributed by atoms with E-state index in [-0.39, 0.29) is 5.82 Å². The van der Waals surface area contributed by atoms with E-state index in [4.69, 9.17) is 5.11 Å². The number of amides is 1. The number of nitrogens with zero attached hydrogens (tertiary/aromatic N) is 4. The number of rotatable bonds is 3. The van der Waals surface area contributed by atoms with E-state index < -0.39 is 12.5 Å². The van der Waals surface area contributed by atoms with Gasteiger partial charge in [0.25, 0.3) is 5.91 Å². The number of hydrazine groups is 1. The highest BCUT2D eigenvalue weighted by Crippen LogP contribution is 2.38. The summed E-state index contributed by atoms with van der Waals surface area (Å²) in [6, 6.07) is 11.6. The first-order chi connectivity index (χ1) is 12.7. The number of carbonyl (C=O) groups is 1. The molecule has 3 heterocycles. The van der Waals surface area contributed by atoms with Gasteiger partial charge in [-0.2, -0.15) is 5.10 Å². The Hall–Kier alpha value is -3.26. The lowest BCUT2D eigenvalue weighted by Gasteiger charge is -2.29. The maximum absolute atomic E-state index is 13.3. The van der Waals surface area contributed by atoms with Gasteiger partial charge in [-0.1, -0.05) is 6.07 Å². The highest BCUT2D eigenvalue weighted by Gasteiger charge is 2.28. The van der Waals surface area contributed by atoms with Crippen molar-refractivity contribution in [2.24, 2.45) is 0 Å². The maximum Gasteiger partial charge on any atom is 0.266 e. The molecule has 4 rings (SSSR count). The zero-order valence-corrected chi connectivity index (χ0v) is 13.8. The number of aliphatic hydroxyl groups is 1. The minimum Gasteiger partial charge on any atom is -0.386 e. The van der Waals surface area contributed by atoms with E-state index in [1.54, 1.807) is 23.0 Å². The van der Waals surface area contributed by atoms with Crippen LogP contribution < -0.4 is 5.43 Å². The third-order valence-corrected chi connectivity index (χ3v) is 4.20. The lowest BCUT2D eigenvalue weighted by Crippen LogP contribution is -2.44. The fourth-order valence-electron chi connectivity index (χ4n) is 2.95. The summed E-state index contributed by atoms with van der Waals surface area (Å²) in [7, 11) is 0. The second-order valence-corrected chi connectivity index (χ2v) is 5.83. The third kappa shape index (κ3) is 2.80. The fraction of sp³-hybridized carbons (Fsp3) is 0.167. The van der Waals surface area contributed by atoms with Crippen LogP contribution in [0, 0.1) is 5.82 Å². The predicted octanol–water partition coefficient (Wildman–Crippen LogP) is 1.91. The van der Waals surface area contributed by atoms with Crippen molar-refractivity contribution >= 4 is 11.7 Å². The summed E-state index contributed by atoms with van der Waals surface area (Å²) in [6.45, 7) is 0.262. The van der Waals surface area contributed by atoms with E-state index >= 15 is 0 Å². The molecule has 1 aromatic carbocycles. The molecule has 0 bridgehead atoms. The van der Waals surface area contributed by atoms with E-state index in [1.807, 2.05) is 18.2 Å². The Kier molecular flexibility index (Phi) is 4.10. The summed E-state index contributed by atoms with van der Waals surface area (Å²) in [4.78, 5) is 16.3. The van der Waals surface area contributed by atoms with Gasteiger partial charge in [0.2, 0.25) is 0 Å². The predicted molar refractivity (Wildman–Crippen MR) is 93.3 cm³/mol. The molecule has 0 fully saturated rings. The molecule has 132 valence electrons. The SMILES string of the molecule is O=C(CO)N1CCn2nc(-c3ccc(F)cc3)c(-c3ccccn3)c2N1. The van der Waals surface area contributed by atoms with E-state index in [1.165, 1.54) is 17.1 Å². The molecule has 0 atom stereocenters. The number of benzene rings is 1. The Bertz CT molecular complexity index is 940. The van der Waals surface area contributed by atoms with Crippen molar-refractivity contribution in [1.29, 1.82) is 0 Å². The molecule has 2 N–H and O–H groups in total. The van der Waals surface area contributed by atoms with E-state index in [0.29, 0.717) is 35.9 Å². The normalized spacial score (nSPS) is 13.2. The maximum atomic E-state index is 13.3. The fourth-order valence-corrected chi connectivity index (χ4v) is 2.95. The van der Waals surface area contributed by atoms with Crippen molar-refractivity contribution in [2.75, 3.05) is 18.6 Å². The third-order valence-electron chi connectivity index (χ3n) is 4.20.